The minimum atomic E-state index is -1.56. The third-order valence-corrected chi connectivity index (χ3v) is 6.92. The molecular weight excluding hydrogens is 435 g/mol. The Morgan fingerprint density at radius 3 is 2.50 bits per heavy atom. The van der Waals surface area contributed by atoms with E-state index in [4.69, 9.17) is 5.11 Å². The van der Waals surface area contributed by atoms with Crippen LogP contribution in [0.25, 0.3) is 16.2 Å². The first-order valence-electron chi connectivity index (χ1n) is 10.4. The first kappa shape index (κ1) is 22.6. The molecule has 2 heterocycles. The number of carbonyl (C=O) groups is 1. The molecule has 3 aromatic rings. The van der Waals surface area contributed by atoms with Gasteiger partial charge in [0.25, 0.3) is 0 Å². The van der Waals surface area contributed by atoms with Crippen LogP contribution in [-0.4, -0.2) is 34.2 Å². The number of nitrogens with zero attached hydrogens (tertiary/aromatic N) is 1. The molecule has 0 spiro atoms. The van der Waals surface area contributed by atoms with E-state index < -0.39 is 29.3 Å². The summed E-state index contributed by atoms with van der Waals surface area (Å²) in [4.78, 5) is 13.7. The van der Waals surface area contributed by atoms with Crippen LogP contribution in [0.4, 0.5) is 13.2 Å². The van der Waals surface area contributed by atoms with Crippen molar-refractivity contribution in [3.05, 3.63) is 75.7 Å². The fraction of sp³-hybridized carbons (Fsp3) is 0.320. The average molecular weight is 460 g/mol. The van der Waals surface area contributed by atoms with E-state index in [2.05, 4.69) is 0 Å². The molecule has 2 atom stereocenters. The maximum Gasteiger partial charge on any atom is 0.328 e. The maximum atomic E-state index is 15.4. The first-order chi connectivity index (χ1) is 15.0. The van der Waals surface area contributed by atoms with Crippen LogP contribution in [0.1, 0.15) is 48.4 Å². The van der Waals surface area contributed by atoms with Gasteiger partial charge in [-0.05, 0) is 68.0 Å². The number of carboxylic acids is 1. The summed E-state index contributed by atoms with van der Waals surface area (Å²) in [6, 6.07) is 9.07. The minimum absolute atomic E-state index is 0.0159. The highest BCUT2D eigenvalue weighted by Gasteiger charge is 2.41. The largest absolute Gasteiger partial charge is 0.478 e. The number of hydrogen-bond donors (Lipinski definition) is 1. The molecule has 4 rings (SSSR count). The normalized spacial score (nSPS) is 19.6. The maximum absolute atomic E-state index is 15.4. The molecule has 1 aliphatic rings. The van der Waals surface area contributed by atoms with Gasteiger partial charge in [0.15, 0.2) is 0 Å². The number of halogens is 3. The summed E-state index contributed by atoms with van der Waals surface area (Å²) in [6.07, 6.45) is 2.65. The number of rotatable bonds is 5. The van der Waals surface area contributed by atoms with E-state index >= 15 is 8.78 Å². The van der Waals surface area contributed by atoms with Crippen molar-refractivity contribution in [3.63, 3.8) is 0 Å². The Balaban J connectivity index is 1.94. The Morgan fingerprint density at radius 2 is 1.88 bits per heavy atom. The van der Waals surface area contributed by atoms with Crippen molar-refractivity contribution in [1.82, 2.24) is 4.90 Å². The number of hydrogen-bond acceptors (Lipinski definition) is 3. The van der Waals surface area contributed by atoms with Crippen molar-refractivity contribution in [2.75, 3.05) is 6.54 Å². The third-order valence-electron chi connectivity index (χ3n) is 5.71. The molecule has 1 N–H and O–H groups in total. The van der Waals surface area contributed by atoms with Crippen molar-refractivity contribution in [1.29, 1.82) is 0 Å². The monoisotopic (exact) mass is 459 g/mol. The summed E-state index contributed by atoms with van der Waals surface area (Å²) in [6.45, 7) is 4.89. The van der Waals surface area contributed by atoms with E-state index in [1.54, 1.807) is 11.3 Å². The van der Waals surface area contributed by atoms with Crippen LogP contribution >= 0.6 is 11.3 Å². The van der Waals surface area contributed by atoms with Gasteiger partial charge in [-0.2, -0.15) is 0 Å². The second-order valence-corrected chi connectivity index (χ2v) is 9.99. The first-order valence-corrected chi connectivity index (χ1v) is 11.2. The smallest absolute Gasteiger partial charge is 0.328 e. The number of thiophene rings is 1. The highest BCUT2D eigenvalue weighted by atomic mass is 32.1. The fourth-order valence-corrected chi connectivity index (χ4v) is 5.85. The van der Waals surface area contributed by atoms with Gasteiger partial charge in [0.05, 0.1) is 6.04 Å². The molecule has 0 bridgehead atoms. The van der Waals surface area contributed by atoms with Gasteiger partial charge in [0.1, 0.15) is 17.3 Å². The predicted octanol–water partition coefficient (Wildman–Crippen LogP) is 6.36. The Labute approximate surface area is 188 Å². The number of fused-ring (bicyclic) bond motifs is 3. The summed E-state index contributed by atoms with van der Waals surface area (Å²) in [5, 5.41) is 9.73. The summed E-state index contributed by atoms with van der Waals surface area (Å²) in [7, 11) is 0. The molecule has 3 nitrogen and oxygen atoms in total. The van der Waals surface area contributed by atoms with Crippen LogP contribution < -0.4 is 0 Å². The van der Waals surface area contributed by atoms with Crippen LogP contribution in [0, 0.1) is 11.6 Å². The van der Waals surface area contributed by atoms with Crippen LogP contribution in [0.2, 0.25) is 0 Å². The lowest BCUT2D eigenvalue weighted by molar-refractivity contribution is -0.131. The van der Waals surface area contributed by atoms with Crippen LogP contribution in [-0.2, 0) is 11.2 Å². The van der Waals surface area contributed by atoms with E-state index in [1.165, 1.54) is 13.8 Å². The van der Waals surface area contributed by atoms with Crippen LogP contribution in [0.3, 0.4) is 0 Å². The third kappa shape index (κ3) is 4.32. The molecule has 0 saturated carbocycles. The highest BCUT2D eigenvalue weighted by Crippen LogP contribution is 2.47. The van der Waals surface area contributed by atoms with Crippen LogP contribution in [0.5, 0.6) is 0 Å². The molecule has 0 saturated heterocycles. The zero-order valence-electron chi connectivity index (χ0n) is 18.0. The molecule has 2 aromatic carbocycles. The van der Waals surface area contributed by atoms with Gasteiger partial charge < -0.3 is 5.11 Å². The van der Waals surface area contributed by atoms with E-state index in [1.807, 2.05) is 36.1 Å². The summed E-state index contributed by atoms with van der Waals surface area (Å²) in [5.74, 6) is -2.77. The van der Waals surface area contributed by atoms with Gasteiger partial charge in [-0.1, -0.05) is 18.2 Å². The minimum Gasteiger partial charge on any atom is -0.478 e. The van der Waals surface area contributed by atoms with Crippen molar-refractivity contribution in [2.24, 2.45) is 0 Å². The summed E-state index contributed by atoms with van der Waals surface area (Å²) in [5.41, 5.74) is -0.770. The summed E-state index contributed by atoms with van der Waals surface area (Å²) >= 11 is 1.61. The molecule has 32 heavy (non-hydrogen) atoms. The Kier molecular flexibility index (Phi) is 5.90. The molecule has 1 aliphatic heterocycles. The number of alkyl halides is 1. The zero-order valence-corrected chi connectivity index (χ0v) is 18.8. The van der Waals surface area contributed by atoms with E-state index in [0.717, 1.165) is 44.8 Å². The molecule has 168 valence electrons. The number of carboxylic acid groups (broad SMARTS) is 1. The average Bonchev–Trinajstić information content (AvgIpc) is 3.04. The molecule has 0 aliphatic carbocycles. The van der Waals surface area contributed by atoms with Crippen molar-refractivity contribution in [2.45, 2.75) is 44.9 Å². The molecule has 0 radical (unpaired) electrons. The molecule has 7 heteroatoms. The Hall–Kier alpha value is -2.64. The van der Waals surface area contributed by atoms with E-state index in [9.17, 15) is 9.18 Å². The van der Waals surface area contributed by atoms with Crippen molar-refractivity contribution in [3.8, 4) is 0 Å². The van der Waals surface area contributed by atoms with Gasteiger partial charge in [-0.25, -0.2) is 18.0 Å². The zero-order chi connectivity index (χ0) is 23.2. The lowest BCUT2D eigenvalue weighted by Gasteiger charge is -2.43. The van der Waals surface area contributed by atoms with Gasteiger partial charge in [0.2, 0.25) is 0 Å². The van der Waals surface area contributed by atoms with Gasteiger partial charge in [-0.15, -0.1) is 11.3 Å². The van der Waals surface area contributed by atoms with E-state index in [0.29, 0.717) is 6.42 Å². The predicted molar refractivity (Wildman–Crippen MR) is 122 cm³/mol. The molecule has 2 unspecified atom stereocenters. The Morgan fingerprint density at radius 1 is 1.22 bits per heavy atom. The van der Waals surface area contributed by atoms with Crippen LogP contribution in [0.15, 0.2) is 42.5 Å². The van der Waals surface area contributed by atoms with Gasteiger partial charge in [0, 0.05) is 33.8 Å². The molecular formula is C25H24F3NO2S. The quantitative estimate of drug-likeness (QED) is 0.451. The highest BCUT2D eigenvalue weighted by molar-refractivity contribution is 7.19. The number of aliphatic carboxylic acids is 1. The number of benzene rings is 2. The fourth-order valence-electron chi connectivity index (χ4n) is 4.49. The Bertz CT molecular complexity index is 1190. The van der Waals surface area contributed by atoms with Gasteiger partial charge >= 0.3 is 5.97 Å². The van der Waals surface area contributed by atoms with Crippen molar-refractivity contribution >= 4 is 33.5 Å². The molecule has 1 aromatic heterocycles. The molecule has 0 fully saturated rings. The lowest BCUT2D eigenvalue weighted by atomic mass is 9.86. The van der Waals surface area contributed by atoms with Crippen molar-refractivity contribution < 1.29 is 23.1 Å². The second-order valence-electron chi connectivity index (χ2n) is 8.85. The standard InChI is InChI=1S/C25H24F3NO2S/c1-14-10-20-22(16-6-4-5-7-19(16)32-20)24(29(14)13-25(2,3)28)23-17(26)11-15(12-18(23)27)8-9-21(30)31/h4-9,11-12,14,24H,10,13H2,1-3H3,(H,30,31)/b9-8+. The second kappa shape index (κ2) is 8.37. The topological polar surface area (TPSA) is 40.5 Å². The van der Waals surface area contributed by atoms with E-state index in [-0.39, 0.29) is 23.7 Å². The summed E-state index contributed by atoms with van der Waals surface area (Å²) < 4.78 is 46.7. The SMILES string of the molecule is CC1Cc2sc3ccccc3c2C(c2c(F)cc(/C=C/C(=O)O)cc2F)N1CC(C)(C)F. The lowest BCUT2D eigenvalue weighted by Crippen LogP contribution is -2.47. The molecule has 0 amide bonds. The van der Waals surface area contributed by atoms with Gasteiger partial charge in [-0.3, -0.25) is 4.90 Å².